The van der Waals surface area contributed by atoms with Crippen LogP contribution in [0.1, 0.15) is 19.3 Å². The van der Waals surface area contributed by atoms with Crippen molar-refractivity contribution >= 4 is 53.7 Å². The Hall–Kier alpha value is 0.1000. The van der Waals surface area contributed by atoms with Crippen LogP contribution in [0.5, 0.6) is 0 Å². The molecule has 2 fully saturated rings. The summed E-state index contributed by atoms with van der Waals surface area (Å²) in [7, 11) is 0. The first-order valence-corrected chi connectivity index (χ1v) is 9.11. The predicted molar refractivity (Wildman–Crippen MR) is 110 cm³/mol. The maximum Gasteiger partial charge on any atom is 0.0825 e. The Morgan fingerprint density at radius 1 is 1.00 bits per heavy atom. The second-order valence-corrected chi connectivity index (χ2v) is 7.17. The van der Waals surface area contributed by atoms with E-state index in [4.69, 9.17) is 23.2 Å². The first-order chi connectivity index (χ1) is 10.7. The summed E-state index contributed by atoms with van der Waals surface area (Å²) in [6.45, 7) is 7.94. The summed E-state index contributed by atoms with van der Waals surface area (Å²) in [5.41, 5.74) is 1.08. The van der Waals surface area contributed by atoms with Crippen molar-refractivity contribution in [3.63, 3.8) is 0 Å². The first kappa shape index (κ1) is 22.1. The number of piperidine rings is 1. The molecule has 0 saturated carbocycles. The number of benzene rings is 1. The SMILES string of the molecule is Cl.Cl.Clc1cccc(N2CCN(CCC3CCNCC3)CC2)c1Cl. The van der Waals surface area contributed by atoms with Gasteiger partial charge in [-0.05, 0) is 56.9 Å². The van der Waals surface area contributed by atoms with Crippen molar-refractivity contribution in [1.82, 2.24) is 10.2 Å². The number of rotatable bonds is 4. The van der Waals surface area contributed by atoms with Crippen LogP contribution in [-0.2, 0) is 0 Å². The molecule has 2 aliphatic heterocycles. The van der Waals surface area contributed by atoms with E-state index >= 15 is 0 Å². The Morgan fingerprint density at radius 2 is 1.67 bits per heavy atom. The molecule has 7 heteroatoms. The van der Waals surface area contributed by atoms with Gasteiger partial charge in [0.15, 0.2) is 0 Å². The van der Waals surface area contributed by atoms with Crippen LogP contribution < -0.4 is 10.2 Å². The second kappa shape index (κ2) is 10.9. The highest BCUT2D eigenvalue weighted by molar-refractivity contribution is 6.43. The lowest BCUT2D eigenvalue weighted by Crippen LogP contribution is -2.47. The van der Waals surface area contributed by atoms with Gasteiger partial charge in [0, 0.05) is 26.2 Å². The topological polar surface area (TPSA) is 18.5 Å². The molecule has 1 aromatic carbocycles. The smallest absolute Gasteiger partial charge is 0.0825 e. The fourth-order valence-corrected chi connectivity index (χ4v) is 3.90. The standard InChI is InChI=1S/C17H25Cl2N3.2ClH/c18-15-2-1-3-16(17(15)19)22-12-10-21(11-13-22)9-6-14-4-7-20-8-5-14;;/h1-3,14,20H,4-13H2;2*1H. The fourth-order valence-electron chi connectivity index (χ4n) is 3.48. The Balaban J connectivity index is 0.00000144. The molecule has 0 unspecified atom stereocenters. The average Bonchev–Trinajstić information content (AvgIpc) is 2.57. The molecule has 0 aromatic heterocycles. The van der Waals surface area contributed by atoms with Crippen molar-refractivity contribution in [2.75, 3.05) is 50.7 Å². The molecule has 3 rings (SSSR count). The third-order valence-electron chi connectivity index (χ3n) is 4.96. The zero-order chi connectivity index (χ0) is 15.4. The van der Waals surface area contributed by atoms with E-state index in [0.29, 0.717) is 10.0 Å². The molecule has 1 N–H and O–H groups in total. The number of anilines is 1. The maximum atomic E-state index is 6.33. The molecule has 0 amide bonds. The van der Waals surface area contributed by atoms with Gasteiger partial charge in [0.25, 0.3) is 0 Å². The first-order valence-electron chi connectivity index (χ1n) is 8.36. The summed E-state index contributed by atoms with van der Waals surface area (Å²) < 4.78 is 0. The van der Waals surface area contributed by atoms with E-state index in [1.165, 1.54) is 38.9 Å². The number of hydrogen-bond donors (Lipinski definition) is 1. The number of nitrogens with one attached hydrogen (secondary N) is 1. The molecule has 2 heterocycles. The van der Waals surface area contributed by atoms with Gasteiger partial charge in [-0.2, -0.15) is 0 Å². The lowest BCUT2D eigenvalue weighted by atomic mass is 9.94. The number of nitrogens with zero attached hydrogens (tertiary/aromatic N) is 2. The van der Waals surface area contributed by atoms with E-state index in [-0.39, 0.29) is 24.8 Å². The van der Waals surface area contributed by atoms with Crippen LogP contribution in [0, 0.1) is 5.92 Å². The van der Waals surface area contributed by atoms with Crippen molar-refractivity contribution in [3.8, 4) is 0 Å². The molecule has 138 valence electrons. The van der Waals surface area contributed by atoms with E-state index in [1.54, 1.807) is 0 Å². The van der Waals surface area contributed by atoms with Gasteiger partial charge in [-0.1, -0.05) is 29.3 Å². The van der Waals surface area contributed by atoms with Gasteiger partial charge in [-0.3, -0.25) is 4.90 Å². The number of halogens is 4. The van der Waals surface area contributed by atoms with Gasteiger partial charge in [0.1, 0.15) is 0 Å². The van der Waals surface area contributed by atoms with Crippen molar-refractivity contribution < 1.29 is 0 Å². The quantitative estimate of drug-likeness (QED) is 0.789. The van der Waals surface area contributed by atoms with Crippen LogP contribution >= 0.6 is 48.0 Å². The minimum absolute atomic E-state index is 0. The summed E-state index contributed by atoms with van der Waals surface area (Å²) >= 11 is 12.5. The molecule has 2 aliphatic rings. The van der Waals surface area contributed by atoms with Crippen LogP contribution in [-0.4, -0.2) is 50.7 Å². The summed E-state index contributed by atoms with van der Waals surface area (Å²) in [5, 5.41) is 4.78. The minimum Gasteiger partial charge on any atom is -0.368 e. The lowest BCUT2D eigenvalue weighted by Gasteiger charge is -2.37. The summed E-state index contributed by atoms with van der Waals surface area (Å²) in [6.07, 6.45) is 4.04. The Bertz CT molecular complexity index is 487. The molecule has 24 heavy (non-hydrogen) atoms. The van der Waals surface area contributed by atoms with Crippen molar-refractivity contribution in [3.05, 3.63) is 28.2 Å². The molecule has 0 bridgehead atoms. The molecule has 0 spiro atoms. The summed E-state index contributed by atoms with van der Waals surface area (Å²) in [4.78, 5) is 4.95. The molecule has 0 atom stereocenters. The van der Waals surface area contributed by atoms with E-state index in [1.807, 2.05) is 12.1 Å². The molecule has 0 aliphatic carbocycles. The van der Waals surface area contributed by atoms with Gasteiger partial charge < -0.3 is 10.2 Å². The summed E-state index contributed by atoms with van der Waals surface area (Å²) in [6, 6.07) is 5.90. The van der Waals surface area contributed by atoms with Gasteiger partial charge in [0.05, 0.1) is 15.7 Å². The van der Waals surface area contributed by atoms with Gasteiger partial charge in [-0.25, -0.2) is 0 Å². The van der Waals surface area contributed by atoms with E-state index < -0.39 is 0 Å². The Kier molecular flexibility index (Phi) is 10.1. The fraction of sp³-hybridized carbons (Fsp3) is 0.647. The van der Waals surface area contributed by atoms with Crippen LogP contribution in [0.15, 0.2) is 18.2 Å². The third-order valence-corrected chi connectivity index (χ3v) is 5.77. The van der Waals surface area contributed by atoms with E-state index in [0.717, 1.165) is 37.8 Å². The van der Waals surface area contributed by atoms with Crippen LogP contribution in [0.4, 0.5) is 5.69 Å². The third kappa shape index (κ3) is 5.82. The number of hydrogen-bond acceptors (Lipinski definition) is 3. The summed E-state index contributed by atoms with van der Waals surface area (Å²) in [5.74, 6) is 0.918. The Morgan fingerprint density at radius 3 is 2.33 bits per heavy atom. The highest BCUT2D eigenvalue weighted by atomic mass is 35.5. The lowest BCUT2D eigenvalue weighted by molar-refractivity contribution is 0.224. The molecular weight excluding hydrogens is 388 g/mol. The largest absolute Gasteiger partial charge is 0.368 e. The van der Waals surface area contributed by atoms with Crippen LogP contribution in [0.3, 0.4) is 0 Å². The van der Waals surface area contributed by atoms with E-state index in [2.05, 4.69) is 21.2 Å². The number of piperazine rings is 1. The highest BCUT2D eigenvalue weighted by Crippen LogP contribution is 2.32. The zero-order valence-corrected chi connectivity index (χ0v) is 17.0. The predicted octanol–water partition coefficient (Wildman–Crippen LogP) is 4.35. The van der Waals surface area contributed by atoms with Crippen LogP contribution in [0.2, 0.25) is 10.0 Å². The zero-order valence-electron chi connectivity index (χ0n) is 13.8. The van der Waals surface area contributed by atoms with Gasteiger partial charge >= 0.3 is 0 Å². The average molecular weight is 415 g/mol. The Labute approximate surface area is 167 Å². The van der Waals surface area contributed by atoms with Gasteiger partial charge in [0.2, 0.25) is 0 Å². The molecule has 1 aromatic rings. The normalized spacial score (nSPS) is 19.5. The molecule has 3 nitrogen and oxygen atoms in total. The van der Waals surface area contributed by atoms with Crippen LogP contribution in [0.25, 0.3) is 0 Å². The van der Waals surface area contributed by atoms with Crippen molar-refractivity contribution in [1.29, 1.82) is 0 Å². The maximum absolute atomic E-state index is 6.33. The van der Waals surface area contributed by atoms with Crippen molar-refractivity contribution in [2.24, 2.45) is 5.92 Å². The van der Waals surface area contributed by atoms with Crippen molar-refractivity contribution in [2.45, 2.75) is 19.3 Å². The molecule has 2 saturated heterocycles. The monoisotopic (exact) mass is 413 g/mol. The molecule has 0 radical (unpaired) electrons. The highest BCUT2D eigenvalue weighted by Gasteiger charge is 2.21. The molecular formula is C17H27Cl4N3. The second-order valence-electron chi connectivity index (χ2n) is 6.38. The van der Waals surface area contributed by atoms with Gasteiger partial charge in [-0.15, -0.1) is 24.8 Å². The minimum atomic E-state index is 0. The van der Waals surface area contributed by atoms with E-state index in [9.17, 15) is 0 Å².